The lowest BCUT2D eigenvalue weighted by Crippen LogP contribution is -2.64. The van der Waals surface area contributed by atoms with Crippen molar-refractivity contribution in [3.05, 3.63) is 65.2 Å². The van der Waals surface area contributed by atoms with Gasteiger partial charge in [-0.3, -0.25) is 4.79 Å². The monoisotopic (exact) mass is 697 g/mol. The summed E-state index contributed by atoms with van der Waals surface area (Å²) in [6, 6.07) is 14.3. The predicted molar refractivity (Wildman–Crippen MR) is 178 cm³/mol. The molecule has 3 fully saturated rings. The Morgan fingerprint density at radius 2 is 1.83 bits per heavy atom. The minimum Gasteiger partial charge on any atom is -0.617 e. The fraction of sp³-hybridized carbons (Fsp3) is 0.606. The van der Waals surface area contributed by atoms with E-state index in [0.717, 1.165) is 31.5 Å². The number of aliphatic hydroxyl groups is 2. The number of quaternary nitrogens is 1. The first-order chi connectivity index (χ1) is 22.0. The number of fused-ring (bicyclic) bond motifs is 3. The molecule has 3 heterocycles. The van der Waals surface area contributed by atoms with Gasteiger partial charge in [0.1, 0.15) is 30.0 Å². The number of esters is 1. The zero-order valence-electron chi connectivity index (χ0n) is 27.7. The molecule has 0 radical (unpaired) electrons. The molecule has 262 valence electrons. The molecular formula is C33H50N2O10PS+. The summed E-state index contributed by atoms with van der Waals surface area (Å²) in [5.41, 5.74) is 0.486. The van der Waals surface area contributed by atoms with Crippen LogP contribution in [0.25, 0.3) is 0 Å². The lowest BCUT2D eigenvalue weighted by Gasteiger charge is -2.52. The third kappa shape index (κ3) is 10.2. The van der Waals surface area contributed by atoms with Gasteiger partial charge in [-0.05, 0) is 44.0 Å². The molecule has 0 spiro atoms. The van der Waals surface area contributed by atoms with E-state index in [1.54, 1.807) is 42.7 Å². The lowest BCUT2D eigenvalue weighted by molar-refractivity contribution is -0.958. The third-order valence-corrected chi connectivity index (χ3v) is 10.6. The summed E-state index contributed by atoms with van der Waals surface area (Å²) in [7, 11) is -4.75. The number of carbonyl (C=O) groups excluding carboxylic acids is 1. The molecule has 4 atom stereocenters. The Morgan fingerprint density at radius 3 is 2.43 bits per heavy atom. The molecule has 14 heteroatoms. The molecular weight excluding hydrogens is 647 g/mol. The number of nitrogens with one attached hydrogen (secondary N) is 1. The van der Waals surface area contributed by atoms with E-state index in [4.69, 9.17) is 19.3 Å². The van der Waals surface area contributed by atoms with Crippen LogP contribution in [0.15, 0.2) is 48.5 Å². The van der Waals surface area contributed by atoms with E-state index in [1.807, 2.05) is 32.9 Å². The Balaban J connectivity index is 1.58. The molecule has 3 aliphatic heterocycles. The first-order valence-electron chi connectivity index (χ1n) is 16.0. The van der Waals surface area contributed by atoms with Crippen molar-refractivity contribution in [2.75, 3.05) is 51.6 Å². The van der Waals surface area contributed by atoms with Crippen LogP contribution < -0.4 is 10.1 Å². The Labute approximate surface area is 280 Å². The van der Waals surface area contributed by atoms with Crippen molar-refractivity contribution in [1.82, 2.24) is 5.32 Å². The molecule has 2 aromatic rings. The SMILES string of the molecule is C[S+]([O-])CCC(CO)(C(=O)OC1C[N+]2(Cc3cc(C(O)CNC(C)(C)C)ccc3OCOP(=O)(O)O)CCC1CC2)c1ccccc1. The number of phosphoric ester groups is 1. The van der Waals surface area contributed by atoms with Gasteiger partial charge in [0.05, 0.1) is 32.1 Å². The van der Waals surface area contributed by atoms with Crippen LogP contribution in [0.5, 0.6) is 5.75 Å². The van der Waals surface area contributed by atoms with Gasteiger partial charge in [0.2, 0.25) is 0 Å². The number of carbonyl (C=O) groups is 1. The van der Waals surface area contributed by atoms with Gasteiger partial charge in [-0.15, -0.1) is 0 Å². The number of hydrogen-bond donors (Lipinski definition) is 5. The summed E-state index contributed by atoms with van der Waals surface area (Å²) in [6.07, 6.45) is 2.19. The largest absolute Gasteiger partial charge is 0.617 e. The molecule has 47 heavy (non-hydrogen) atoms. The van der Waals surface area contributed by atoms with Crippen molar-refractivity contribution in [3.63, 3.8) is 0 Å². The normalized spacial score (nSPS) is 23.9. The van der Waals surface area contributed by atoms with E-state index in [1.165, 1.54) is 0 Å². The standard InChI is InChI=1S/C33H49N2O10PS/c1-32(2,3)34-19-28(37)25-10-11-29(43-23-44-46(39,40)41)26(18-25)20-35-15-12-24(13-16-35)30(21-35)45-31(38)33(22-36,14-17-47(4)42)27-8-6-5-7-9-27/h5-11,18,24,28,30,34,36-37H,12-17,19-23H2,1-4H3,(H-,39,40,41)/p+1. The highest BCUT2D eigenvalue weighted by Gasteiger charge is 2.51. The second kappa shape index (κ2) is 15.7. The van der Waals surface area contributed by atoms with Crippen LogP contribution in [0.1, 0.15) is 62.8 Å². The number of nitrogens with zero attached hydrogens (tertiary/aromatic N) is 1. The number of β-amino-alcohol motifs (C(OH)–C–C–N with tert-alkyl or cyclic N) is 1. The third-order valence-electron chi connectivity index (χ3n) is 9.34. The molecule has 5 N–H and O–H groups in total. The van der Waals surface area contributed by atoms with Gasteiger partial charge in [-0.2, -0.15) is 0 Å². The van der Waals surface area contributed by atoms with Crippen LogP contribution in [-0.2, 0) is 41.8 Å². The number of benzene rings is 2. The van der Waals surface area contributed by atoms with Gasteiger partial charge in [-0.25, -0.2) is 9.09 Å². The fourth-order valence-corrected chi connectivity index (χ4v) is 7.44. The molecule has 12 nitrogen and oxygen atoms in total. The predicted octanol–water partition coefficient (Wildman–Crippen LogP) is 2.90. The van der Waals surface area contributed by atoms with Crippen molar-refractivity contribution in [2.24, 2.45) is 5.92 Å². The van der Waals surface area contributed by atoms with Crippen molar-refractivity contribution in [2.45, 2.75) is 69.7 Å². The van der Waals surface area contributed by atoms with Crippen molar-refractivity contribution >= 4 is 25.0 Å². The van der Waals surface area contributed by atoms with Gasteiger partial charge in [0.15, 0.2) is 12.9 Å². The molecule has 4 unspecified atom stereocenters. The molecule has 2 bridgehead atoms. The summed E-state index contributed by atoms with van der Waals surface area (Å²) < 4.78 is 40.5. The summed E-state index contributed by atoms with van der Waals surface area (Å²) in [4.78, 5) is 32.3. The van der Waals surface area contributed by atoms with Gasteiger partial charge in [-0.1, -0.05) is 47.6 Å². The number of ether oxygens (including phenoxy) is 2. The molecule has 3 saturated heterocycles. The summed E-state index contributed by atoms with van der Waals surface area (Å²) in [5, 5.41) is 24.9. The van der Waals surface area contributed by atoms with E-state index < -0.39 is 56.0 Å². The van der Waals surface area contributed by atoms with Crippen molar-refractivity contribution in [1.29, 1.82) is 0 Å². The second-order valence-corrected chi connectivity index (χ2v) is 16.7. The van der Waals surface area contributed by atoms with E-state index in [-0.39, 0.29) is 23.6 Å². The maximum Gasteiger partial charge on any atom is 0.472 e. The summed E-state index contributed by atoms with van der Waals surface area (Å²) >= 11 is -1.17. The minimum atomic E-state index is -4.75. The zero-order valence-corrected chi connectivity index (χ0v) is 29.4. The van der Waals surface area contributed by atoms with Crippen LogP contribution in [0.4, 0.5) is 0 Å². The van der Waals surface area contributed by atoms with Gasteiger partial charge in [0, 0.05) is 42.8 Å². The van der Waals surface area contributed by atoms with E-state index in [2.05, 4.69) is 9.84 Å². The van der Waals surface area contributed by atoms with Gasteiger partial charge >= 0.3 is 13.8 Å². The van der Waals surface area contributed by atoms with Gasteiger partial charge in [0.25, 0.3) is 0 Å². The smallest absolute Gasteiger partial charge is 0.472 e. The molecule has 3 aliphatic rings. The minimum absolute atomic E-state index is 0.162. The van der Waals surface area contributed by atoms with Crippen LogP contribution in [0, 0.1) is 5.92 Å². The van der Waals surface area contributed by atoms with E-state index >= 15 is 0 Å². The lowest BCUT2D eigenvalue weighted by atomic mass is 9.78. The second-order valence-electron chi connectivity index (χ2n) is 13.9. The molecule has 0 saturated carbocycles. The van der Waals surface area contributed by atoms with Gasteiger partial charge < -0.3 is 43.8 Å². The zero-order chi connectivity index (χ0) is 34.5. The maximum atomic E-state index is 14.0. The first-order valence-corrected chi connectivity index (χ1v) is 19.2. The van der Waals surface area contributed by atoms with Crippen LogP contribution in [0.2, 0.25) is 0 Å². The van der Waals surface area contributed by atoms with Crippen molar-refractivity contribution < 1.29 is 52.4 Å². The Morgan fingerprint density at radius 1 is 1.15 bits per heavy atom. The number of rotatable bonds is 16. The van der Waals surface area contributed by atoms with Crippen LogP contribution in [0.3, 0.4) is 0 Å². The number of phosphoric acid groups is 1. The Bertz CT molecular complexity index is 1380. The average Bonchev–Trinajstić information content (AvgIpc) is 3.01. The van der Waals surface area contributed by atoms with Crippen LogP contribution in [-0.4, -0.2) is 98.2 Å². The quantitative estimate of drug-likeness (QED) is 0.0573. The fourth-order valence-electron chi connectivity index (χ4n) is 6.61. The molecule has 5 rings (SSSR count). The maximum absolute atomic E-state index is 14.0. The average molecular weight is 698 g/mol. The summed E-state index contributed by atoms with van der Waals surface area (Å²) in [6.45, 7) is 7.89. The highest BCUT2D eigenvalue weighted by Crippen LogP contribution is 2.41. The topological polar surface area (TPSA) is 178 Å². The number of piperidine rings is 3. The van der Waals surface area contributed by atoms with Crippen LogP contribution >= 0.6 is 7.82 Å². The highest BCUT2D eigenvalue weighted by molar-refractivity contribution is 7.90. The van der Waals surface area contributed by atoms with Crippen molar-refractivity contribution in [3.8, 4) is 5.75 Å². The Kier molecular flexibility index (Phi) is 12.6. The molecule has 0 aromatic heterocycles. The molecule has 0 aliphatic carbocycles. The molecule has 2 aromatic carbocycles. The first kappa shape index (κ1) is 37.8. The van der Waals surface area contributed by atoms with E-state index in [9.17, 15) is 24.1 Å². The molecule has 0 amide bonds. The Hall–Kier alpha value is -2.03. The van der Waals surface area contributed by atoms with E-state index in [0.29, 0.717) is 41.0 Å². The highest BCUT2D eigenvalue weighted by atomic mass is 32.2. The number of aliphatic hydroxyl groups excluding tert-OH is 2. The summed E-state index contributed by atoms with van der Waals surface area (Å²) in [5.74, 6) is 0.252. The number of hydrogen-bond acceptors (Lipinski definition) is 9.